The van der Waals surface area contributed by atoms with Gasteiger partial charge in [-0.3, -0.25) is 4.98 Å². The summed E-state index contributed by atoms with van der Waals surface area (Å²) in [5.41, 5.74) is 2.08. The van der Waals surface area contributed by atoms with Crippen LogP contribution in [-0.2, 0) is 4.74 Å². The average Bonchev–Trinajstić information content (AvgIpc) is 2.40. The van der Waals surface area contributed by atoms with E-state index < -0.39 is 0 Å². The molecule has 0 unspecified atom stereocenters. The summed E-state index contributed by atoms with van der Waals surface area (Å²) in [5, 5.41) is 4.13. The molecule has 2 aromatic rings. The third kappa shape index (κ3) is 2.87. The van der Waals surface area contributed by atoms with Gasteiger partial charge in [-0.1, -0.05) is 15.9 Å². The maximum Gasteiger partial charge on any atom is 0.341 e. The highest BCUT2D eigenvalue weighted by Crippen LogP contribution is 2.29. The van der Waals surface area contributed by atoms with Crippen LogP contribution >= 0.6 is 15.9 Å². The topological polar surface area (TPSA) is 51.2 Å². The van der Waals surface area contributed by atoms with Crippen molar-refractivity contribution < 1.29 is 9.53 Å². The van der Waals surface area contributed by atoms with Crippen LogP contribution < -0.4 is 5.32 Å². The number of esters is 1. The first kappa shape index (κ1) is 13.8. The molecule has 0 amide bonds. The predicted molar refractivity (Wildman–Crippen MR) is 79.6 cm³/mol. The van der Waals surface area contributed by atoms with E-state index >= 15 is 0 Å². The van der Waals surface area contributed by atoms with Crippen LogP contribution in [0.2, 0.25) is 0 Å². The van der Waals surface area contributed by atoms with Gasteiger partial charge in [0.05, 0.1) is 17.8 Å². The Hall–Kier alpha value is -1.62. The van der Waals surface area contributed by atoms with Gasteiger partial charge in [-0.25, -0.2) is 4.79 Å². The van der Waals surface area contributed by atoms with Gasteiger partial charge < -0.3 is 10.1 Å². The van der Waals surface area contributed by atoms with Crippen molar-refractivity contribution in [2.45, 2.75) is 13.8 Å². The molecule has 0 aliphatic rings. The molecule has 100 valence electrons. The van der Waals surface area contributed by atoms with E-state index in [1.807, 2.05) is 25.1 Å². The van der Waals surface area contributed by atoms with Gasteiger partial charge in [0, 0.05) is 22.6 Å². The summed E-state index contributed by atoms with van der Waals surface area (Å²) in [7, 11) is 0. The van der Waals surface area contributed by atoms with E-state index in [0.717, 1.165) is 27.6 Å². The zero-order valence-electron chi connectivity index (χ0n) is 10.9. The first-order valence-electron chi connectivity index (χ1n) is 6.16. The van der Waals surface area contributed by atoms with Crippen molar-refractivity contribution in [3.63, 3.8) is 0 Å². The number of aromatic nitrogens is 1. The molecule has 1 heterocycles. The Morgan fingerprint density at radius 3 is 2.89 bits per heavy atom. The lowest BCUT2D eigenvalue weighted by atomic mass is 10.1. The minimum absolute atomic E-state index is 0.348. The predicted octanol–water partition coefficient (Wildman–Crippen LogP) is 3.61. The molecule has 0 atom stereocenters. The monoisotopic (exact) mass is 322 g/mol. The summed E-state index contributed by atoms with van der Waals surface area (Å²) in [6, 6.07) is 5.79. The van der Waals surface area contributed by atoms with Gasteiger partial charge in [0.25, 0.3) is 0 Å². The molecule has 0 spiro atoms. The van der Waals surface area contributed by atoms with Crippen LogP contribution in [0.3, 0.4) is 0 Å². The van der Waals surface area contributed by atoms with Crippen LogP contribution in [0.15, 0.2) is 28.9 Å². The molecule has 0 saturated carbocycles. The van der Waals surface area contributed by atoms with Crippen molar-refractivity contribution in [2.24, 2.45) is 0 Å². The van der Waals surface area contributed by atoms with Crippen molar-refractivity contribution in [1.82, 2.24) is 4.98 Å². The van der Waals surface area contributed by atoms with Gasteiger partial charge in [-0.05, 0) is 32.0 Å². The number of hydrogen-bond donors (Lipinski definition) is 1. The fraction of sp³-hybridized carbons (Fsp3) is 0.286. The molecule has 0 aliphatic heterocycles. The molecule has 1 aromatic carbocycles. The Balaban J connectivity index is 2.63. The highest BCUT2D eigenvalue weighted by molar-refractivity contribution is 9.10. The summed E-state index contributed by atoms with van der Waals surface area (Å²) < 4.78 is 6.01. The van der Waals surface area contributed by atoms with Crippen molar-refractivity contribution >= 4 is 38.5 Å². The molecule has 0 saturated heterocycles. The number of fused-ring (bicyclic) bond motifs is 1. The third-order valence-electron chi connectivity index (χ3n) is 2.68. The van der Waals surface area contributed by atoms with E-state index in [-0.39, 0.29) is 5.97 Å². The molecule has 0 aliphatic carbocycles. The Labute approximate surface area is 120 Å². The van der Waals surface area contributed by atoms with E-state index in [1.165, 1.54) is 0 Å². The summed E-state index contributed by atoms with van der Waals surface area (Å²) in [4.78, 5) is 16.3. The number of carbonyl (C=O) groups is 1. The Morgan fingerprint density at radius 2 is 2.21 bits per heavy atom. The third-order valence-corrected chi connectivity index (χ3v) is 3.17. The minimum Gasteiger partial charge on any atom is -0.462 e. The number of hydrogen-bond acceptors (Lipinski definition) is 4. The molecular weight excluding hydrogens is 308 g/mol. The summed E-state index contributed by atoms with van der Waals surface area (Å²) in [5.74, 6) is -0.354. The maximum atomic E-state index is 12.0. The average molecular weight is 323 g/mol. The van der Waals surface area contributed by atoms with E-state index in [0.29, 0.717) is 12.2 Å². The normalized spacial score (nSPS) is 10.5. The van der Waals surface area contributed by atoms with Crippen LogP contribution in [-0.4, -0.2) is 24.1 Å². The Morgan fingerprint density at radius 1 is 1.42 bits per heavy atom. The number of halogens is 1. The Bertz CT molecular complexity index is 614. The molecule has 0 bridgehead atoms. The second-order valence-corrected chi connectivity index (χ2v) is 4.87. The van der Waals surface area contributed by atoms with E-state index in [4.69, 9.17) is 4.74 Å². The number of nitrogens with zero attached hydrogens (tertiary/aromatic N) is 1. The minimum atomic E-state index is -0.354. The quantitative estimate of drug-likeness (QED) is 0.874. The molecule has 0 radical (unpaired) electrons. The van der Waals surface area contributed by atoms with Gasteiger partial charge in [0.1, 0.15) is 5.56 Å². The number of carbonyl (C=O) groups excluding carboxylic acids is 1. The maximum absolute atomic E-state index is 12.0. The first-order chi connectivity index (χ1) is 9.17. The number of anilines is 1. The molecule has 19 heavy (non-hydrogen) atoms. The highest BCUT2D eigenvalue weighted by atomic mass is 79.9. The fourth-order valence-corrected chi connectivity index (χ4v) is 2.26. The number of pyridine rings is 1. The first-order valence-corrected chi connectivity index (χ1v) is 6.96. The van der Waals surface area contributed by atoms with Crippen LogP contribution in [0.25, 0.3) is 10.9 Å². The molecule has 2 rings (SSSR count). The van der Waals surface area contributed by atoms with E-state index in [2.05, 4.69) is 26.2 Å². The van der Waals surface area contributed by atoms with E-state index in [1.54, 1.807) is 13.1 Å². The van der Waals surface area contributed by atoms with Crippen LogP contribution in [0.4, 0.5) is 5.69 Å². The summed E-state index contributed by atoms with van der Waals surface area (Å²) in [6.07, 6.45) is 1.56. The zero-order chi connectivity index (χ0) is 13.8. The van der Waals surface area contributed by atoms with Crippen LogP contribution in [0.1, 0.15) is 24.2 Å². The molecule has 1 N–H and O–H groups in total. The molecule has 0 fully saturated rings. The zero-order valence-corrected chi connectivity index (χ0v) is 12.5. The van der Waals surface area contributed by atoms with Crippen molar-refractivity contribution in [2.75, 3.05) is 18.5 Å². The molecular formula is C14H15BrN2O2. The molecule has 5 heteroatoms. The SMILES string of the molecule is CCNc1c(C(=O)OCC)cnc2ccc(Br)cc12. The van der Waals surface area contributed by atoms with Crippen molar-refractivity contribution in [3.8, 4) is 0 Å². The van der Waals surface area contributed by atoms with Gasteiger partial charge in [-0.15, -0.1) is 0 Å². The van der Waals surface area contributed by atoms with Crippen LogP contribution in [0, 0.1) is 0 Å². The summed E-state index contributed by atoms with van der Waals surface area (Å²) >= 11 is 3.44. The smallest absolute Gasteiger partial charge is 0.341 e. The standard InChI is InChI=1S/C14H15BrN2O2/c1-3-16-13-10-7-9(15)5-6-12(10)17-8-11(13)14(18)19-4-2/h5-8H,3-4H2,1-2H3,(H,16,17). The fourth-order valence-electron chi connectivity index (χ4n) is 1.90. The lowest BCUT2D eigenvalue weighted by Crippen LogP contribution is -2.10. The lowest BCUT2D eigenvalue weighted by Gasteiger charge is -2.13. The van der Waals surface area contributed by atoms with Gasteiger partial charge in [0.15, 0.2) is 0 Å². The molecule has 4 nitrogen and oxygen atoms in total. The number of nitrogens with one attached hydrogen (secondary N) is 1. The van der Waals surface area contributed by atoms with E-state index in [9.17, 15) is 4.79 Å². The second-order valence-electron chi connectivity index (χ2n) is 3.96. The Kier molecular flexibility index (Phi) is 4.37. The van der Waals surface area contributed by atoms with Crippen LogP contribution in [0.5, 0.6) is 0 Å². The molecule has 1 aromatic heterocycles. The number of rotatable bonds is 4. The van der Waals surface area contributed by atoms with Gasteiger partial charge in [0.2, 0.25) is 0 Å². The number of benzene rings is 1. The number of ether oxygens (including phenoxy) is 1. The van der Waals surface area contributed by atoms with Gasteiger partial charge in [-0.2, -0.15) is 0 Å². The largest absolute Gasteiger partial charge is 0.462 e. The van der Waals surface area contributed by atoms with Crippen molar-refractivity contribution in [1.29, 1.82) is 0 Å². The van der Waals surface area contributed by atoms with Crippen molar-refractivity contribution in [3.05, 3.63) is 34.4 Å². The van der Waals surface area contributed by atoms with Gasteiger partial charge >= 0.3 is 5.97 Å². The highest BCUT2D eigenvalue weighted by Gasteiger charge is 2.16. The lowest BCUT2D eigenvalue weighted by molar-refractivity contribution is 0.0527. The summed E-state index contributed by atoms with van der Waals surface area (Å²) in [6.45, 7) is 4.84. The second kappa shape index (κ2) is 6.02.